The lowest BCUT2D eigenvalue weighted by Gasteiger charge is -2.41. The quantitative estimate of drug-likeness (QED) is 0.813. The number of nitrogens with two attached hydrogens (primary N) is 1. The molecule has 1 aliphatic heterocycles. The summed E-state index contributed by atoms with van der Waals surface area (Å²) in [4.78, 5) is 14.7. The third kappa shape index (κ3) is 4.36. The van der Waals surface area contributed by atoms with Crippen molar-refractivity contribution in [3.63, 3.8) is 0 Å². The van der Waals surface area contributed by atoms with Gasteiger partial charge in [-0.2, -0.15) is 0 Å². The molecule has 0 bridgehead atoms. The normalized spacial score (nSPS) is 30.9. The Balaban J connectivity index is 1.30. The van der Waals surface area contributed by atoms with Gasteiger partial charge in [0.25, 0.3) is 0 Å². The van der Waals surface area contributed by atoms with E-state index in [-0.39, 0.29) is 24.1 Å². The van der Waals surface area contributed by atoms with Crippen LogP contribution in [0, 0.1) is 5.92 Å². The maximum Gasteiger partial charge on any atom is 0.226 e. The third-order valence-corrected chi connectivity index (χ3v) is 6.80. The summed E-state index contributed by atoms with van der Waals surface area (Å²) in [5.41, 5.74) is 7.70. The minimum absolute atomic E-state index is 0.0429. The average molecular weight is 387 g/mol. The smallest absolute Gasteiger partial charge is 0.226 e. The Kier molecular flexibility index (Phi) is 6.22. The fourth-order valence-electron chi connectivity index (χ4n) is 4.92. The Hall–Kier alpha value is -1.59. The molecule has 0 spiro atoms. The highest BCUT2D eigenvalue weighted by atomic mass is 16.5. The highest BCUT2D eigenvalue weighted by molar-refractivity contribution is 5.81. The first-order valence-electron chi connectivity index (χ1n) is 11.0. The van der Waals surface area contributed by atoms with E-state index < -0.39 is 0 Å². The molecule has 1 saturated heterocycles. The Morgan fingerprint density at radius 2 is 1.86 bits per heavy atom. The average Bonchev–Trinajstić information content (AvgIpc) is 3.58. The fraction of sp³-hybridized carbons (Fsp3) is 0.696. The van der Waals surface area contributed by atoms with Crippen LogP contribution in [0.2, 0.25) is 0 Å². The molecule has 3 fully saturated rings. The summed E-state index contributed by atoms with van der Waals surface area (Å²) in [5, 5.41) is 0. The van der Waals surface area contributed by atoms with Crippen molar-refractivity contribution in [3.8, 4) is 5.75 Å². The van der Waals surface area contributed by atoms with Gasteiger partial charge >= 0.3 is 0 Å². The van der Waals surface area contributed by atoms with E-state index in [0.717, 1.165) is 63.7 Å². The van der Waals surface area contributed by atoms with Gasteiger partial charge in [-0.15, -0.1) is 0 Å². The first kappa shape index (κ1) is 19.7. The highest BCUT2D eigenvalue weighted by Gasteiger charge is 2.40. The molecule has 2 unspecified atom stereocenters. The summed E-state index contributed by atoms with van der Waals surface area (Å²) >= 11 is 0. The van der Waals surface area contributed by atoms with Gasteiger partial charge in [0, 0.05) is 18.5 Å². The van der Waals surface area contributed by atoms with Crippen LogP contribution in [0.4, 0.5) is 0 Å². The van der Waals surface area contributed by atoms with E-state index in [4.69, 9.17) is 15.2 Å². The molecule has 1 amide bonds. The van der Waals surface area contributed by atoms with Crippen LogP contribution in [0.1, 0.15) is 62.8 Å². The maximum atomic E-state index is 12.6. The van der Waals surface area contributed by atoms with Crippen LogP contribution < -0.4 is 10.5 Å². The Labute approximate surface area is 168 Å². The van der Waals surface area contributed by atoms with Gasteiger partial charge in [0.1, 0.15) is 5.75 Å². The Morgan fingerprint density at radius 3 is 2.57 bits per heavy atom. The number of likely N-dealkylation sites (tertiary alicyclic amines) is 1. The van der Waals surface area contributed by atoms with Crippen LogP contribution in [0.3, 0.4) is 0 Å². The first-order valence-corrected chi connectivity index (χ1v) is 11.0. The van der Waals surface area contributed by atoms with Gasteiger partial charge in [-0.1, -0.05) is 18.2 Å². The number of nitrogens with zero attached hydrogens (tertiary/aromatic N) is 1. The van der Waals surface area contributed by atoms with Crippen molar-refractivity contribution in [1.29, 1.82) is 0 Å². The van der Waals surface area contributed by atoms with Crippen LogP contribution >= 0.6 is 0 Å². The van der Waals surface area contributed by atoms with E-state index in [9.17, 15) is 4.79 Å². The minimum atomic E-state index is 0.0429. The van der Waals surface area contributed by atoms with E-state index >= 15 is 0 Å². The lowest BCUT2D eigenvalue weighted by molar-refractivity contribution is -0.139. The molecule has 4 rings (SSSR count). The van der Waals surface area contributed by atoms with Gasteiger partial charge in [0.15, 0.2) is 0 Å². The SMILES string of the molecule is COc1ccccc1C1CCC(OCC2C(N)CCCN2C(=O)C2CC2)CC1. The second-order valence-electron chi connectivity index (χ2n) is 8.73. The fourth-order valence-corrected chi connectivity index (χ4v) is 4.92. The van der Waals surface area contributed by atoms with E-state index in [2.05, 4.69) is 12.1 Å². The number of methoxy groups -OCH3 is 1. The predicted molar refractivity (Wildman–Crippen MR) is 109 cm³/mol. The number of piperidine rings is 1. The second kappa shape index (κ2) is 8.83. The summed E-state index contributed by atoms with van der Waals surface area (Å²) in [6.07, 6.45) is 8.72. The van der Waals surface area contributed by atoms with E-state index in [1.165, 1.54) is 5.56 Å². The number of para-hydroxylation sites is 1. The van der Waals surface area contributed by atoms with Crippen molar-refractivity contribution in [2.75, 3.05) is 20.3 Å². The summed E-state index contributed by atoms with van der Waals surface area (Å²) in [5.74, 6) is 2.10. The van der Waals surface area contributed by atoms with Crippen LogP contribution in [0.5, 0.6) is 5.75 Å². The molecule has 0 aromatic heterocycles. The van der Waals surface area contributed by atoms with Crippen LogP contribution in [-0.4, -0.2) is 49.3 Å². The molecular formula is C23H34N2O3. The van der Waals surface area contributed by atoms with E-state index in [1.807, 2.05) is 17.0 Å². The van der Waals surface area contributed by atoms with E-state index in [1.54, 1.807) is 7.11 Å². The summed E-state index contributed by atoms with van der Waals surface area (Å²) in [6, 6.07) is 8.45. The van der Waals surface area contributed by atoms with Crippen molar-refractivity contribution >= 4 is 5.91 Å². The number of ether oxygens (including phenoxy) is 2. The van der Waals surface area contributed by atoms with Gasteiger partial charge < -0.3 is 20.1 Å². The van der Waals surface area contributed by atoms with Gasteiger partial charge in [-0.3, -0.25) is 4.79 Å². The lowest BCUT2D eigenvalue weighted by atomic mass is 9.82. The van der Waals surface area contributed by atoms with Crippen molar-refractivity contribution in [3.05, 3.63) is 29.8 Å². The zero-order chi connectivity index (χ0) is 19.5. The topological polar surface area (TPSA) is 64.8 Å². The summed E-state index contributed by atoms with van der Waals surface area (Å²) in [7, 11) is 1.75. The number of hydrogen-bond acceptors (Lipinski definition) is 4. The van der Waals surface area contributed by atoms with Crippen molar-refractivity contribution in [2.24, 2.45) is 11.7 Å². The molecule has 28 heavy (non-hydrogen) atoms. The Morgan fingerprint density at radius 1 is 1.11 bits per heavy atom. The van der Waals surface area contributed by atoms with Crippen molar-refractivity contribution in [1.82, 2.24) is 4.90 Å². The minimum Gasteiger partial charge on any atom is -0.496 e. The number of benzene rings is 1. The molecule has 0 radical (unpaired) electrons. The van der Waals surface area contributed by atoms with Crippen molar-refractivity contribution < 1.29 is 14.3 Å². The molecule has 1 aromatic carbocycles. The standard InChI is InChI=1S/C23H34N2O3/c1-27-22-7-3-2-5-19(22)16-10-12-18(13-11-16)28-15-21-20(24)6-4-14-25(21)23(26)17-8-9-17/h2-3,5,7,16-18,20-21H,4,6,8-15,24H2,1H3. The molecule has 2 aliphatic carbocycles. The highest BCUT2D eigenvalue weighted by Crippen LogP contribution is 2.38. The summed E-state index contributed by atoms with van der Waals surface area (Å²) in [6.45, 7) is 1.43. The molecular weight excluding hydrogens is 352 g/mol. The predicted octanol–water partition coefficient (Wildman–Crippen LogP) is 3.47. The first-order chi connectivity index (χ1) is 13.7. The Bertz CT molecular complexity index is 668. The zero-order valence-corrected chi connectivity index (χ0v) is 17.0. The monoisotopic (exact) mass is 386 g/mol. The van der Waals surface area contributed by atoms with Crippen molar-refractivity contribution in [2.45, 2.75) is 75.5 Å². The molecule has 1 aromatic rings. The molecule has 154 valence electrons. The number of amides is 1. The number of rotatable bonds is 6. The molecule has 5 nitrogen and oxygen atoms in total. The lowest BCUT2D eigenvalue weighted by Crippen LogP contribution is -2.57. The molecule has 5 heteroatoms. The van der Waals surface area contributed by atoms with Crippen LogP contribution in [-0.2, 0) is 9.53 Å². The van der Waals surface area contributed by atoms with Crippen LogP contribution in [0.25, 0.3) is 0 Å². The molecule has 2 saturated carbocycles. The maximum absolute atomic E-state index is 12.6. The zero-order valence-electron chi connectivity index (χ0n) is 17.0. The van der Waals surface area contributed by atoms with E-state index in [0.29, 0.717) is 18.4 Å². The summed E-state index contributed by atoms with van der Waals surface area (Å²) < 4.78 is 11.8. The number of hydrogen-bond donors (Lipinski definition) is 1. The molecule has 1 heterocycles. The second-order valence-corrected chi connectivity index (χ2v) is 8.73. The largest absolute Gasteiger partial charge is 0.496 e. The van der Waals surface area contributed by atoms with Crippen LogP contribution in [0.15, 0.2) is 24.3 Å². The molecule has 2 N–H and O–H groups in total. The number of carbonyl (C=O) groups excluding carboxylic acids is 1. The van der Waals surface area contributed by atoms with Gasteiger partial charge in [-0.25, -0.2) is 0 Å². The van der Waals surface area contributed by atoms with Gasteiger partial charge in [0.2, 0.25) is 5.91 Å². The molecule has 2 atom stereocenters. The van der Waals surface area contributed by atoms with Gasteiger partial charge in [0.05, 0.1) is 25.9 Å². The third-order valence-electron chi connectivity index (χ3n) is 6.80. The molecule has 3 aliphatic rings. The number of carbonyl (C=O) groups is 1. The van der Waals surface area contributed by atoms with Gasteiger partial charge in [-0.05, 0) is 68.9 Å².